The lowest BCUT2D eigenvalue weighted by Gasteiger charge is -2.34. The molecular formula is C25H38N4O7S2. The summed E-state index contributed by atoms with van der Waals surface area (Å²) in [6, 6.07) is 12.4. The zero-order chi connectivity index (χ0) is 27.8. The van der Waals surface area contributed by atoms with Crippen LogP contribution in [0.2, 0.25) is 0 Å². The molecule has 0 radical (unpaired) electrons. The van der Waals surface area contributed by atoms with Crippen molar-refractivity contribution in [2.75, 3.05) is 59.5 Å². The second-order valence-corrected chi connectivity index (χ2v) is 13.4. The van der Waals surface area contributed by atoms with Crippen LogP contribution in [0.5, 0.6) is 11.5 Å². The molecule has 1 fully saturated rings. The molecule has 3 rings (SSSR count). The molecule has 0 spiro atoms. The molecule has 13 heteroatoms. The summed E-state index contributed by atoms with van der Waals surface area (Å²) in [6.07, 6.45) is 0. The van der Waals surface area contributed by atoms with Crippen LogP contribution in [-0.4, -0.2) is 91.7 Å². The maximum Gasteiger partial charge on any atom is 0.240 e. The van der Waals surface area contributed by atoms with E-state index in [1.165, 1.54) is 31.4 Å². The van der Waals surface area contributed by atoms with E-state index in [9.17, 15) is 16.8 Å². The molecule has 0 atom stereocenters. The first-order chi connectivity index (χ1) is 17.9. The lowest BCUT2D eigenvalue weighted by Crippen LogP contribution is -2.49. The summed E-state index contributed by atoms with van der Waals surface area (Å²) in [7, 11) is -5.85. The lowest BCUT2D eigenvalue weighted by molar-refractivity contribution is -0.178. The van der Waals surface area contributed by atoms with Crippen LogP contribution < -0.4 is 19.1 Å². The normalized spacial score (nSPS) is 15.9. The molecule has 11 nitrogen and oxygen atoms in total. The van der Waals surface area contributed by atoms with Crippen LogP contribution in [0.15, 0.2) is 58.3 Å². The van der Waals surface area contributed by atoms with Crippen LogP contribution in [0.4, 0.5) is 0 Å². The van der Waals surface area contributed by atoms with Gasteiger partial charge in [-0.1, -0.05) is 0 Å². The molecule has 1 heterocycles. The van der Waals surface area contributed by atoms with E-state index in [0.29, 0.717) is 31.1 Å². The third-order valence-electron chi connectivity index (χ3n) is 5.78. The Kier molecular flexibility index (Phi) is 10.5. The van der Waals surface area contributed by atoms with Crippen LogP contribution in [0.25, 0.3) is 0 Å². The zero-order valence-electron chi connectivity index (χ0n) is 22.3. The Bertz CT molecular complexity index is 1220. The van der Waals surface area contributed by atoms with Gasteiger partial charge in [0.05, 0.1) is 16.9 Å². The molecule has 0 saturated carbocycles. The largest absolute Gasteiger partial charge is 0.488 e. The van der Waals surface area contributed by atoms with Gasteiger partial charge in [-0.2, -0.15) is 4.89 Å². The summed E-state index contributed by atoms with van der Waals surface area (Å²) in [5, 5.41) is 0. The molecule has 1 aliphatic heterocycles. The Morgan fingerprint density at radius 2 is 1.11 bits per heavy atom. The van der Waals surface area contributed by atoms with Crippen molar-refractivity contribution in [3.8, 4) is 11.5 Å². The predicted octanol–water partition coefficient (Wildman–Crippen LogP) is 1.68. The minimum atomic E-state index is -3.62. The van der Waals surface area contributed by atoms with Crippen LogP contribution in [0.3, 0.4) is 0 Å². The fraction of sp³-hybridized carbons (Fsp3) is 0.520. The molecule has 0 amide bonds. The predicted molar refractivity (Wildman–Crippen MR) is 144 cm³/mol. The van der Waals surface area contributed by atoms with Gasteiger partial charge in [0.1, 0.15) is 11.4 Å². The Labute approximate surface area is 226 Å². The maximum atomic E-state index is 12.6. The fourth-order valence-electron chi connectivity index (χ4n) is 3.89. The van der Waals surface area contributed by atoms with Crippen molar-refractivity contribution in [2.24, 2.45) is 0 Å². The highest BCUT2D eigenvalue weighted by Crippen LogP contribution is 2.20. The van der Waals surface area contributed by atoms with Gasteiger partial charge in [0, 0.05) is 52.4 Å². The van der Waals surface area contributed by atoms with Gasteiger partial charge < -0.3 is 9.62 Å². The monoisotopic (exact) mass is 570 g/mol. The van der Waals surface area contributed by atoms with Crippen LogP contribution in [0.1, 0.15) is 20.8 Å². The summed E-state index contributed by atoms with van der Waals surface area (Å²) in [5.74, 6) is 1.03. The molecule has 2 aromatic carbocycles. The second-order valence-electron chi connectivity index (χ2n) is 9.89. The lowest BCUT2D eigenvalue weighted by atomic mass is 10.2. The number of rotatable bonds is 13. The highest BCUT2D eigenvalue weighted by atomic mass is 32.2. The van der Waals surface area contributed by atoms with E-state index >= 15 is 0 Å². The molecular weight excluding hydrogens is 532 g/mol. The van der Waals surface area contributed by atoms with Crippen molar-refractivity contribution in [2.45, 2.75) is 36.2 Å². The number of benzene rings is 2. The van der Waals surface area contributed by atoms with E-state index < -0.39 is 20.0 Å². The molecule has 2 N–H and O–H groups in total. The van der Waals surface area contributed by atoms with Crippen molar-refractivity contribution in [3.05, 3.63) is 48.5 Å². The highest BCUT2D eigenvalue weighted by molar-refractivity contribution is 7.89. The van der Waals surface area contributed by atoms with Crippen molar-refractivity contribution in [1.29, 1.82) is 0 Å². The van der Waals surface area contributed by atoms with E-state index in [4.69, 9.17) is 9.62 Å². The summed E-state index contributed by atoms with van der Waals surface area (Å²) in [6.45, 7) is 10.6. The summed E-state index contributed by atoms with van der Waals surface area (Å²) < 4.78 is 61.3. The van der Waals surface area contributed by atoms with E-state index in [2.05, 4.69) is 24.1 Å². The molecule has 0 unspecified atom stereocenters. The van der Waals surface area contributed by atoms with Gasteiger partial charge in [-0.05, 0) is 69.3 Å². The summed E-state index contributed by atoms with van der Waals surface area (Å²) >= 11 is 0. The molecule has 2 aromatic rings. The minimum Gasteiger partial charge on any atom is -0.488 e. The van der Waals surface area contributed by atoms with E-state index in [0.717, 1.165) is 26.2 Å². The van der Waals surface area contributed by atoms with Crippen molar-refractivity contribution in [3.63, 3.8) is 0 Å². The average Bonchev–Trinajstić information content (AvgIpc) is 2.85. The number of hydrogen-bond acceptors (Lipinski definition) is 9. The summed E-state index contributed by atoms with van der Waals surface area (Å²) in [5.41, 5.74) is -0.357. The van der Waals surface area contributed by atoms with Crippen LogP contribution >= 0.6 is 0 Å². The molecule has 0 aliphatic carbocycles. The topological polar surface area (TPSA) is 127 Å². The number of nitrogens with zero attached hydrogens (tertiary/aromatic N) is 2. The van der Waals surface area contributed by atoms with Crippen molar-refractivity contribution >= 4 is 20.0 Å². The van der Waals surface area contributed by atoms with Gasteiger partial charge in [-0.15, -0.1) is 0 Å². The Morgan fingerprint density at radius 3 is 1.47 bits per heavy atom. The van der Waals surface area contributed by atoms with E-state index in [1.807, 2.05) is 20.8 Å². The van der Waals surface area contributed by atoms with E-state index in [1.54, 1.807) is 24.3 Å². The number of ether oxygens (including phenoxy) is 1. The minimum absolute atomic E-state index is 0.155. The molecule has 0 bridgehead atoms. The van der Waals surface area contributed by atoms with Gasteiger partial charge in [0.2, 0.25) is 20.0 Å². The number of piperazine rings is 1. The maximum absolute atomic E-state index is 12.6. The van der Waals surface area contributed by atoms with Crippen molar-refractivity contribution in [1.82, 2.24) is 19.2 Å². The number of nitrogens with one attached hydrogen (secondary N) is 2. The van der Waals surface area contributed by atoms with Crippen LogP contribution in [-0.2, 0) is 24.9 Å². The third kappa shape index (κ3) is 9.49. The molecule has 1 aliphatic rings. The first kappa shape index (κ1) is 30.3. The Morgan fingerprint density at radius 1 is 0.711 bits per heavy atom. The fourth-order valence-corrected chi connectivity index (χ4v) is 5.93. The molecule has 38 heavy (non-hydrogen) atoms. The average molecular weight is 571 g/mol. The standard InChI is InChI=1S/C25H38N4O7S2/c1-25(2,3)35-21-5-9-23(10-6-21)37(30,31)26-13-15-28-17-19-29(20-18-28)16-14-27-38(32,33)24-11-7-22(8-12-24)36-34-4/h5-12,26-27H,13-20H2,1-4H3. The third-order valence-corrected chi connectivity index (χ3v) is 8.73. The van der Waals surface area contributed by atoms with Crippen molar-refractivity contribution < 1.29 is 31.3 Å². The van der Waals surface area contributed by atoms with Gasteiger partial charge in [0.15, 0.2) is 5.75 Å². The number of sulfonamides is 2. The van der Waals surface area contributed by atoms with Gasteiger partial charge >= 0.3 is 0 Å². The number of hydrogen-bond donors (Lipinski definition) is 2. The Hall–Kier alpha value is -2.26. The van der Waals surface area contributed by atoms with Gasteiger partial charge in [-0.25, -0.2) is 26.3 Å². The highest BCUT2D eigenvalue weighted by Gasteiger charge is 2.20. The first-order valence-corrected chi connectivity index (χ1v) is 15.4. The smallest absolute Gasteiger partial charge is 0.240 e. The molecule has 212 valence electrons. The van der Waals surface area contributed by atoms with Crippen LogP contribution in [0, 0.1) is 0 Å². The summed E-state index contributed by atoms with van der Waals surface area (Å²) in [4.78, 5) is 14.1. The Balaban J connectivity index is 1.35. The van der Waals surface area contributed by atoms with Gasteiger partial charge in [-0.3, -0.25) is 9.80 Å². The molecule has 1 saturated heterocycles. The zero-order valence-corrected chi connectivity index (χ0v) is 24.0. The quantitative estimate of drug-likeness (QED) is 0.273. The first-order valence-electron chi connectivity index (χ1n) is 12.4. The van der Waals surface area contributed by atoms with Gasteiger partial charge in [0.25, 0.3) is 0 Å². The SMILES string of the molecule is COOc1ccc(S(=O)(=O)NCCN2CCN(CCNS(=O)(=O)c3ccc(OC(C)(C)C)cc3)CC2)cc1. The molecule has 0 aromatic heterocycles. The second kappa shape index (κ2) is 13.2. The van der Waals surface area contributed by atoms with E-state index in [-0.39, 0.29) is 21.9 Å².